The molecule has 212 valence electrons. The summed E-state index contributed by atoms with van der Waals surface area (Å²) in [4.78, 5) is 37.1. The summed E-state index contributed by atoms with van der Waals surface area (Å²) in [6.07, 6.45) is -1.47. The molecule has 0 spiro atoms. The Balaban J connectivity index is 2.01. The molecule has 0 radical (unpaired) electrons. The smallest absolute Gasteiger partial charge is 0.331 e. The Morgan fingerprint density at radius 3 is 2.18 bits per heavy atom. The summed E-state index contributed by atoms with van der Waals surface area (Å²) >= 11 is 0. The number of nitrogen functional groups attached to an aromatic ring is 1. The van der Waals surface area contributed by atoms with Crippen LogP contribution in [0, 0.1) is 10.8 Å². The maximum absolute atomic E-state index is 13.3. The number of nitrogens with one attached hydrogen (secondary N) is 2. The van der Waals surface area contributed by atoms with E-state index in [-0.39, 0.29) is 30.2 Å². The van der Waals surface area contributed by atoms with E-state index in [4.69, 9.17) is 31.1 Å². The number of hydrogen-bond acceptors (Lipinski definition) is 10. The molecule has 2 aromatic rings. The first kappa shape index (κ1) is 31.2. The molecular formula is C26H34N4O8S. The molecule has 0 saturated heterocycles. The van der Waals surface area contributed by atoms with Gasteiger partial charge in [-0.2, -0.15) is 0 Å². The second kappa shape index (κ2) is 13.7. The lowest BCUT2D eigenvalue weighted by Crippen LogP contribution is -2.56. The number of hydrogen-bond donors (Lipinski definition) is 4. The van der Waals surface area contributed by atoms with Crippen molar-refractivity contribution in [1.29, 1.82) is 5.41 Å². The standard InChI is InChI=1S/C26H34N4O8S/c1-26(2,3)25(33)38-16-37-24(32)21(39(34,35)19-8-5-4-6-9-19)23(29)30-20(31)10-7-15-36-18-13-11-17(12-14-18)22(27)28/h4-6,8-9,11-14,21,23H,7,10,15-16,29H2,1-3H3,(H3,27,28)(H,30,31)/t21-,23?/m0/s1. The number of ether oxygens (including phenoxy) is 3. The van der Waals surface area contributed by atoms with Crippen LogP contribution in [0.4, 0.5) is 0 Å². The van der Waals surface area contributed by atoms with Gasteiger partial charge in [0.2, 0.25) is 12.7 Å². The van der Waals surface area contributed by atoms with Crippen LogP contribution in [0.15, 0.2) is 59.5 Å². The molecule has 0 fully saturated rings. The summed E-state index contributed by atoms with van der Waals surface area (Å²) in [6.45, 7) is 4.14. The zero-order chi connectivity index (χ0) is 29.2. The fraction of sp³-hybridized carbons (Fsp3) is 0.385. The molecule has 0 aromatic heterocycles. The van der Waals surface area contributed by atoms with Crippen molar-refractivity contribution in [2.24, 2.45) is 16.9 Å². The number of rotatable bonds is 13. The van der Waals surface area contributed by atoms with Crippen molar-refractivity contribution >= 4 is 33.5 Å². The fourth-order valence-electron chi connectivity index (χ4n) is 3.15. The summed E-state index contributed by atoms with van der Waals surface area (Å²) in [5, 5.41) is 7.72. The highest BCUT2D eigenvalue weighted by atomic mass is 32.2. The Bertz CT molecular complexity index is 1260. The van der Waals surface area contributed by atoms with Gasteiger partial charge in [-0.1, -0.05) is 18.2 Å². The zero-order valence-corrected chi connectivity index (χ0v) is 22.8. The Hall–Kier alpha value is -3.97. The number of nitrogens with two attached hydrogens (primary N) is 2. The van der Waals surface area contributed by atoms with Gasteiger partial charge in [0.15, 0.2) is 15.1 Å². The topological polar surface area (TPSA) is 201 Å². The Kier molecular flexibility index (Phi) is 11.0. The maximum atomic E-state index is 13.3. The number of amidine groups is 1. The third kappa shape index (κ3) is 9.37. The predicted molar refractivity (Wildman–Crippen MR) is 142 cm³/mol. The molecule has 0 aliphatic carbocycles. The summed E-state index contributed by atoms with van der Waals surface area (Å²) in [6, 6.07) is 13.6. The van der Waals surface area contributed by atoms with Crippen molar-refractivity contribution in [1.82, 2.24) is 5.32 Å². The number of amides is 1. The van der Waals surface area contributed by atoms with E-state index < -0.39 is 51.3 Å². The second-order valence-electron chi connectivity index (χ2n) is 9.53. The lowest BCUT2D eigenvalue weighted by molar-refractivity contribution is -0.173. The third-order valence-electron chi connectivity index (χ3n) is 5.28. The maximum Gasteiger partial charge on any atom is 0.331 e. The summed E-state index contributed by atoms with van der Waals surface area (Å²) in [5.41, 5.74) is 11.1. The molecule has 0 aliphatic heterocycles. The normalized spacial score (nSPS) is 13.0. The Morgan fingerprint density at radius 1 is 1.00 bits per heavy atom. The van der Waals surface area contributed by atoms with Crippen molar-refractivity contribution in [3.63, 3.8) is 0 Å². The van der Waals surface area contributed by atoms with Gasteiger partial charge < -0.3 is 31.0 Å². The number of carbonyl (C=O) groups is 3. The van der Waals surface area contributed by atoms with Crippen LogP contribution in [0.2, 0.25) is 0 Å². The summed E-state index contributed by atoms with van der Waals surface area (Å²) < 4.78 is 41.9. The highest BCUT2D eigenvalue weighted by Crippen LogP contribution is 2.20. The Labute approximate surface area is 227 Å². The summed E-state index contributed by atoms with van der Waals surface area (Å²) in [5.74, 6) is -2.12. The predicted octanol–water partition coefficient (Wildman–Crippen LogP) is 1.46. The van der Waals surface area contributed by atoms with Crippen molar-refractivity contribution in [3.8, 4) is 5.75 Å². The quantitative estimate of drug-likeness (QED) is 0.0910. The Morgan fingerprint density at radius 2 is 1.62 bits per heavy atom. The molecule has 0 bridgehead atoms. The molecule has 2 atom stereocenters. The molecule has 1 unspecified atom stereocenters. The van der Waals surface area contributed by atoms with E-state index in [0.717, 1.165) is 0 Å². The lowest BCUT2D eigenvalue weighted by Gasteiger charge is -2.24. The van der Waals surface area contributed by atoms with Gasteiger partial charge in [-0.05, 0) is 63.6 Å². The van der Waals surface area contributed by atoms with E-state index in [9.17, 15) is 22.8 Å². The minimum Gasteiger partial charge on any atom is -0.494 e. The average Bonchev–Trinajstić information content (AvgIpc) is 2.86. The minimum absolute atomic E-state index is 0.0723. The molecule has 39 heavy (non-hydrogen) atoms. The van der Waals surface area contributed by atoms with Gasteiger partial charge in [-0.15, -0.1) is 0 Å². The number of carbonyl (C=O) groups excluding carboxylic acids is 3. The van der Waals surface area contributed by atoms with Gasteiger partial charge in [-0.3, -0.25) is 19.8 Å². The fourth-order valence-corrected chi connectivity index (χ4v) is 4.76. The largest absolute Gasteiger partial charge is 0.494 e. The molecule has 2 rings (SSSR count). The molecule has 12 nitrogen and oxygen atoms in total. The lowest BCUT2D eigenvalue weighted by atomic mass is 9.98. The van der Waals surface area contributed by atoms with Gasteiger partial charge in [0, 0.05) is 12.0 Å². The molecule has 0 aliphatic rings. The van der Waals surface area contributed by atoms with Crippen LogP contribution in [0.3, 0.4) is 0 Å². The molecule has 0 saturated carbocycles. The first-order chi connectivity index (χ1) is 18.2. The van der Waals surface area contributed by atoms with Gasteiger partial charge in [0.05, 0.1) is 16.9 Å². The van der Waals surface area contributed by atoms with Crippen LogP contribution in [-0.4, -0.2) is 56.9 Å². The summed E-state index contributed by atoms with van der Waals surface area (Å²) in [7, 11) is -4.40. The van der Waals surface area contributed by atoms with E-state index in [1.165, 1.54) is 24.3 Å². The highest BCUT2D eigenvalue weighted by Gasteiger charge is 2.41. The van der Waals surface area contributed by atoms with E-state index >= 15 is 0 Å². The van der Waals surface area contributed by atoms with Crippen LogP contribution in [-0.2, 0) is 33.7 Å². The van der Waals surface area contributed by atoms with Crippen LogP contribution in [0.1, 0.15) is 39.2 Å². The molecule has 1 amide bonds. The molecule has 0 heterocycles. The van der Waals surface area contributed by atoms with E-state index in [2.05, 4.69) is 5.32 Å². The van der Waals surface area contributed by atoms with Crippen LogP contribution in [0.5, 0.6) is 5.75 Å². The van der Waals surface area contributed by atoms with Gasteiger partial charge in [-0.25, -0.2) is 8.42 Å². The molecule has 6 N–H and O–H groups in total. The third-order valence-corrected chi connectivity index (χ3v) is 7.36. The van der Waals surface area contributed by atoms with Crippen molar-refractivity contribution in [2.75, 3.05) is 13.4 Å². The zero-order valence-electron chi connectivity index (χ0n) is 22.0. The average molecular weight is 563 g/mol. The monoisotopic (exact) mass is 562 g/mol. The van der Waals surface area contributed by atoms with Crippen molar-refractivity contribution in [2.45, 2.75) is 49.9 Å². The highest BCUT2D eigenvalue weighted by molar-refractivity contribution is 7.92. The van der Waals surface area contributed by atoms with Crippen molar-refractivity contribution in [3.05, 3.63) is 60.2 Å². The van der Waals surface area contributed by atoms with Crippen LogP contribution >= 0.6 is 0 Å². The van der Waals surface area contributed by atoms with Crippen LogP contribution < -0.4 is 21.5 Å². The van der Waals surface area contributed by atoms with Crippen LogP contribution in [0.25, 0.3) is 0 Å². The van der Waals surface area contributed by atoms with E-state index in [0.29, 0.717) is 11.3 Å². The van der Waals surface area contributed by atoms with Gasteiger partial charge in [0.1, 0.15) is 17.8 Å². The van der Waals surface area contributed by atoms with Gasteiger partial charge >= 0.3 is 11.9 Å². The first-order valence-electron chi connectivity index (χ1n) is 12.0. The first-order valence-corrected chi connectivity index (χ1v) is 13.5. The second-order valence-corrected chi connectivity index (χ2v) is 11.6. The minimum atomic E-state index is -4.40. The SMILES string of the molecule is CC(C)(C)C(=O)OCOC(=O)[C@H](C(N)NC(=O)CCCOc1ccc(C(=N)N)cc1)S(=O)(=O)c1ccccc1. The van der Waals surface area contributed by atoms with Crippen molar-refractivity contribution < 1.29 is 37.0 Å². The number of esters is 2. The molecular weight excluding hydrogens is 528 g/mol. The molecule has 13 heteroatoms. The molecule has 2 aromatic carbocycles. The van der Waals surface area contributed by atoms with Gasteiger partial charge in [0.25, 0.3) is 0 Å². The number of sulfone groups is 1. The van der Waals surface area contributed by atoms with E-state index in [1.54, 1.807) is 51.1 Å². The van der Waals surface area contributed by atoms with E-state index in [1.807, 2.05) is 0 Å². The number of benzene rings is 2.